The number of nitrogens with zero attached hydrogens (tertiary/aromatic N) is 2. The second-order valence-corrected chi connectivity index (χ2v) is 8.87. The summed E-state index contributed by atoms with van der Waals surface area (Å²) in [5.41, 5.74) is 2.20. The lowest BCUT2D eigenvalue weighted by Crippen LogP contribution is -2.49. The summed E-state index contributed by atoms with van der Waals surface area (Å²) in [6, 6.07) is 20.4. The third kappa shape index (κ3) is 4.24. The van der Waals surface area contributed by atoms with E-state index in [0.717, 1.165) is 47.8 Å². The molecule has 1 aliphatic heterocycles. The van der Waals surface area contributed by atoms with Crippen LogP contribution in [0.3, 0.4) is 0 Å². The van der Waals surface area contributed by atoms with E-state index < -0.39 is 0 Å². The van der Waals surface area contributed by atoms with Gasteiger partial charge in [0, 0.05) is 17.9 Å². The predicted molar refractivity (Wildman–Crippen MR) is 124 cm³/mol. The summed E-state index contributed by atoms with van der Waals surface area (Å²) in [6.07, 6.45) is 1.69. The molecule has 1 atom stereocenters. The van der Waals surface area contributed by atoms with E-state index in [1.54, 1.807) is 0 Å². The standard InChI is InChI=1S/C27H28FN3O/c1-19(27(11-13-31(2)14-12-27)23-7-9-24(28)10-8-23)26(32)30-18-22-16-20(17-29)15-21-5-3-4-6-25(21)22/h3-10,15-16,19H,11-14,18H2,1-2H3,(H,30,32). The topological polar surface area (TPSA) is 56.1 Å². The van der Waals surface area contributed by atoms with Crippen LogP contribution < -0.4 is 5.32 Å². The zero-order chi connectivity index (χ0) is 22.7. The molecule has 32 heavy (non-hydrogen) atoms. The van der Waals surface area contributed by atoms with Gasteiger partial charge in [0.2, 0.25) is 5.91 Å². The van der Waals surface area contributed by atoms with Crippen LogP contribution in [0.25, 0.3) is 10.8 Å². The highest BCUT2D eigenvalue weighted by Gasteiger charge is 2.43. The van der Waals surface area contributed by atoms with Crippen LogP contribution in [0.4, 0.5) is 4.39 Å². The van der Waals surface area contributed by atoms with Gasteiger partial charge in [0.15, 0.2) is 0 Å². The largest absolute Gasteiger partial charge is 0.352 e. The number of nitriles is 1. The molecule has 3 aromatic carbocycles. The minimum atomic E-state index is -0.332. The van der Waals surface area contributed by atoms with Crippen LogP contribution in [0, 0.1) is 23.1 Å². The van der Waals surface area contributed by atoms with Gasteiger partial charge < -0.3 is 10.2 Å². The molecule has 1 heterocycles. The van der Waals surface area contributed by atoms with Crippen molar-refractivity contribution in [2.24, 2.45) is 5.92 Å². The molecule has 4 nitrogen and oxygen atoms in total. The van der Waals surface area contributed by atoms with Crippen LogP contribution in [0.15, 0.2) is 60.7 Å². The van der Waals surface area contributed by atoms with Gasteiger partial charge in [-0.25, -0.2) is 4.39 Å². The highest BCUT2D eigenvalue weighted by Crippen LogP contribution is 2.42. The van der Waals surface area contributed by atoms with Crippen LogP contribution in [0.2, 0.25) is 0 Å². The van der Waals surface area contributed by atoms with Gasteiger partial charge in [-0.2, -0.15) is 5.26 Å². The molecule has 0 aliphatic carbocycles. The lowest BCUT2D eigenvalue weighted by atomic mass is 9.64. The molecular weight excluding hydrogens is 401 g/mol. The number of carbonyl (C=O) groups is 1. The summed E-state index contributed by atoms with van der Waals surface area (Å²) < 4.78 is 13.6. The summed E-state index contributed by atoms with van der Waals surface area (Å²) in [5.74, 6) is -0.560. The van der Waals surface area contributed by atoms with Crippen molar-refractivity contribution in [3.63, 3.8) is 0 Å². The van der Waals surface area contributed by atoms with E-state index in [1.807, 2.05) is 55.5 Å². The summed E-state index contributed by atoms with van der Waals surface area (Å²) in [6.45, 7) is 4.13. The van der Waals surface area contributed by atoms with Crippen molar-refractivity contribution in [3.05, 3.63) is 83.2 Å². The molecule has 0 bridgehead atoms. The first-order valence-electron chi connectivity index (χ1n) is 11.1. The number of piperidine rings is 1. The van der Waals surface area contributed by atoms with Gasteiger partial charge in [0.1, 0.15) is 5.82 Å². The van der Waals surface area contributed by atoms with E-state index in [2.05, 4.69) is 23.3 Å². The molecule has 1 fully saturated rings. The molecule has 1 saturated heterocycles. The highest BCUT2D eigenvalue weighted by molar-refractivity contribution is 5.88. The van der Waals surface area contributed by atoms with Crippen LogP contribution in [-0.4, -0.2) is 30.9 Å². The average molecular weight is 430 g/mol. The highest BCUT2D eigenvalue weighted by atomic mass is 19.1. The molecule has 0 spiro atoms. The number of hydrogen-bond donors (Lipinski definition) is 1. The first-order chi connectivity index (χ1) is 15.4. The van der Waals surface area contributed by atoms with Crippen molar-refractivity contribution >= 4 is 16.7 Å². The van der Waals surface area contributed by atoms with E-state index in [4.69, 9.17) is 0 Å². The monoisotopic (exact) mass is 429 g/mol. The number of halogens is 1. The number of benzene rings is 3. The maximum absolute atomic E-state index is 13.6. The van der Waals surface area contributed by atoms with Crippen LogP contribution in [0.5, 0.6) is 0 Å². The van der Waals surface area contributed by atoms with E-state index in [9.17, 15) is 14.4 Å². The Hall–Kier alpha value is -3.23. The fourth-order valence-electron chi connectivity index (χ4n) is 4.96. The minimum Gasteiger partial charge on any atom is -0.352 e. The third-order valence-corrected chi connectivity index (χ3v) is 7.05. The van der Waals surface area contributed by atoms with Gasteiger partial charge in [-0.05, 0) is 79.1 Å². The van der Waals surface area contributed by atoms with Gasteiger partial charge >= 0.3 is 0 Å². The molecule has 1 unspecified atom stereocenters. The Bertz CT molecular complexity index is 1160. The smallest absolute Gasteiger partial charge is 0.223 e. The molecule has 3 aromatic rings. The van der Waals surface area contributed by atoms with Crippen molar-refractivity contribution in [3.8, 4) is 6.07 Å². The first kappa shape index (κ1) is 22.0. The number of fused-ring (bicyclic) bond motifs is 1. The fourth-order valence-corrected chi connectivity index (χ4v) is 4.96. The number of likely N-dealkylation sites (tertiary alicyclic amines) is 1. The summed E-state index contributed by atoms with van der Waals surface area (Å²) in [5, 5.41) is 14.5. The Kier molecular flexibility index (Phi) is 6.25. The number of hydrogen-bond acceptors (Lipinski definition) is 3. The van der Waals surface area contributed by atoms with Crippen molar-refractivity contribution in [2.45, 2.75) is 31.7 Å². The van der Waals surface area contributed by atoms with Gasteiger partial charge in [-0.3, -0.25) is 4.79 Å². The van der Waals surface area contributed by atoms with Gasteiger partial charge in [0.25, 0.3) is 0 Å². The molecule has 1 aliphatic rings. The summed E-state index contributed by atoms with van der Waals surface area (Å²) in [4.78, 5) is 15.6. The Balaban J connectivity index is 1.59. The van der Waals surface area contributed by atoms with E-state index in [-0.39, 0.29) is 23.1 Å². The number of carbonyl (C=O) groups excluding carboxylic acids is 1. The Labute approximate surface area is 188 Å². The molecular formula is C27H28FN3O. The quantitative estimate of drug-likeness (QED) is 0.636. The lowest BCUT2D eigenvalue weighted by molar-refractivity contribution is -0.127. The maximum Gasteiger partial charge on any atom is 0.223 e. The van der Waals surface area contributed by atoms with Crippen molar-refractivity contribution in [2.75, 3.05) is 20.1 Å². The van der Waals surface area contributed by atoms with E-state index in [0.29, 0.717) is 12.1 Å². The van der Waals surface area contributed by atoms with Crippen LogP contribution in [-0.2, 0) is 16.8 Å². The second-order valence-electron chi connectivity index (χ2n) is 8.87. The molecule has 4 rings (SSSR count). The zero-order valence-electron chi connectivity index (χ0n) is 18.6. The van der Waals surface area contributed by atoms with Gasteiger partial charge in [-0.15, -0.1) is 0 Å². The van der Waals surface area contributed by atoms with Crippen LogP contribution >= 0.6 is 0 Å². The molecule has 0 radical (unpaired) electrons. The molecule has 164 valence electrons. The lowest BCUT2D eigenvalue weighted by Gasteiger charge is -2.44. The minimum absolute atomic E-state index is 0.0229. The van der Waals surface area contributed by atoms with E-state index >= 15 is 0 Å². The van der Waals surface area contributed by atoms with Gasteiger partial charge in [-0.1, -0.05) is 43.3 Å². The van der Waals surface area contributed by atoms with Crippen molar-refractivity contribution in [1.29, 1.82) is 5.26 Å². The number of amides is 1. The Morgan fingerprint density at radius 3 is 2.53 bits per heavy atom. The normalized spacial score (nSPS) is 16.9. The molecule has 0 saturated carbocycles. The Morgan fingerprint density at radius 1 is 1.16 bits per heavy atom. The van der Waals surface area contributed by atoms with Gasteiger partial charge in [0.05, 0.1) is 11.6 Å². The number of nitrogens with one attached hydrogen (secondary N) is 1. The molecule has 1 amide bonds. The maximum atomic E-state index is 13.6. The predicted octanol–water partition coefficient (Wildman–Crippen LogP) is 4.77. The van der Waals surface area contributed by atoms with Crippen molar-refractivity contribution in [1.82, 2.24) is 10.2 Å². The second kappa shape index (κ2) is 9.10. The number of rotatable bonds is 5. The SMILES string of the molecule is CC(C(=O)NCc1cc(C#N)cc2ccccc12)C1(c2ccc(F)cc2)CCN(C)CC1. The summed E-state index contributed by atoms with van der Waals surface area (Å²) in [7, 11) is 2.09. The molecule has 0 aromatic heterocycles. The first-order valence-corrected chi connectivity index (χ1v) is 11.1. The van der Waals surface area contributed by atoms with Crippen molar-refractivity contribution < 1.29 is 9.18 Å². The fraction of sp³-hybridized carbons (Fsp3) is 0.333. The van der Waals surface area contributed by atoms with E-state index in [1.165, 1.54) is 12.1 Å². The zero-order valence-corrected chi connectivity index (χ0v) is 18.6. The average Bonchev–Trinajstić information content (AvgIpc) is 2.83. The third-order valence-electron chi connectivity index (χ3n) is 7.05. The Morgan fingerprint density at radius 2 is 1.84 bits per heavy atom. The molecule has 1 N–H and O–H groups in total. The van der Waals surface area contributed by atoms with Crippen LogP contribution in [0.1, 0.15) is 36.5 Å². The summed E-state index contributed by atoms with van der Waals surface area (Å²) >= 11 is 0. The molecule has 5 heteroatoms.